The van der Waals surface area contributed by atoms with Gasteiger partial charge >= 0.3 is 0 Å². The summed E-state index contributed by atoms with van der Waals surface area (Å²) in [5.41, 5.74) is 0. The van der Waals surface area contributed by atoms with E-state index in [1.165, 1.54) is 51.4 Å². The number of alkyl halides is 1. The van der Waals surface area contributed by atoms with Gasteiger partial charge in [0.25, 0.3) is 0 Å². The van der Waals surface area contributed by atoms with Gasteiger partial charge in [-0.1, -0.05) is 39.5 Å². The van der Waals surface area contributed by atoms with Crippen LogP contribution in [0, 0.1) is 0 Å². The van der Waals surface area contributed by atoms with Crippen molar-refractivity contribution in [3.8, 4) is 0 Å². The minimum Gasteiger partial charge on any atom is -0.296 e. The SMILES string of the molecule is CCC(CC)N(CCCl)C1CCCCCC1. The molecule has 1 nitrogen and oxygen atoms in total. The van der Waals surface area contributed by atoms with Crippen molar-refractivity contribution in [3.63, 3.8) is 0 Å². The maximum atomic E-state index is 5.97. The van der Waals surface area contributed by atoms with E-state index < -0.39 is 0 Å². The van der Waals surface area contributed by atoms with E-state index in [0.717, 1.165) is 24.5 Å². The summed E-state index contributed by atoms with van der Waals surface area (Å²) in [4.78, 5) is 2.71. The third-order valence-electron chi connectivity index (χ3n) is 4.05. The predicted molar refractivity (Wildman–Crippen MR) is 73.3 cm³/mol. The average Bonchev–Trinajstić information content (AvgIpc) is 2.58. The maximum Gasteiger partial charge on any atom is 0.0351 e. The van der Waals surface area contributed by atoms with Crippen LogP contribution >= 0.6 is 11.6 Å². The molecule has 0 aromatic rings. The molecule has 1 aliphatic rings. The smallest absolute Gasteiger partial charge is 0.0351 e. The van der Waals surface area contributed by atoms with Gasteiger partial charge in [-0.15, -0.1) is 11.6 Å². The van der Waals surface area contributed by atoms with E-state index in [1.54, 1.807) is 0 Å². The minimum atomic E-state index is 0.752. The van der Waals surface area contributed by atoms with Gasteiger partial charge in [0.2, 0.25) is 0 Å². The topological polar surface area (TPSA) is 3.24 Å². The Hall–Kier alpha value is 0.250. The van der Waals surface area contributed by atoms with Crippen molar-refractivity contribution >= 4 is 11.6 Å². The van der Waals surface area contributed by atoms with E-state index in [4.69, 9.17) is 11.6 Å². The minimum absolute atomic E-state index is 0.752. The van der Waals surface area contributed by atoms with Gasteiger partial charge in [-0.25, -0.2) is 0 Å². The second-order valence-electron chi connectivity index (χ2n) is 5.04. The highest BCUT2D eigenvalue weighted by Gasteiger charge is 2.24. The fourth-order valence-corrected chi connectivity index (χ4v) is 3.30. The van der Waals surface area contributed by atoms with Gasteiger partial charge in [-0.2, -0.15) is 0 Å². The van der Waals surface area contributed by atoms with E-state index in [0.29, 0.717) is 0 Å². The summed E-state index contributed by atoms with van der Waals surface area (Å²) in [5, 5.41) is 0. The van der Waals surface area contributed by atoms with E-state index in [9.17, 15) is 0 Å². The zero-order chi connectivity index (χ0) is 11.8. The average molecular weight is 246 g/mol. The molecule has 0 saturated heterocycles. The molecule has 2 heteroatoms. The third-order valence-corrected chi connectivity index (χ3v) is 4.22. The Morgan fingerprint density at radius 2 is 1.62 bits per heavy atom. The van der Waals surface area contributed by atoms with Crippen molar-refractivity contribution in [1.29, 1.82) is 0 Å². The first-order valence-electron chi connectivity index (χ1n) is 7.15. The molecule has 1 rings (SSSR count). The fourth-order valence-electron chi connectivity index (χ4n) is 3.11. The number of rotatable bonds is 6. The van der Waals surface area contributed by atoms with Gasteiger partial charge in [0.05, 0.1) is 0 Å². The van der Waals surface area contributed by atoms with Gasteiger partial charge in [-0.3, -0.25) is 4.90 Å². The molecular formula is C14H28ClN. The highest BCUT2D eigenvalue weighted by Crippen LogP contribution is 2.25. The molecule has 96 valence electrons. The molecule has 0 amide bonds. The first kappa shape index (κ1) is 14.3. The summed E-state index contributed by atoms with van der Waals surface area (Å²) in [6, 6.07) is 1.56. The summed E-state index contributed by atoms with van der Waals surface area (Å²) in [5.74, 6) is 0.785. The zero-order valence-electron chi connectivity index (χ0n) is 11.1. The van der Waals surface area contributed by atoms with Crippen molar-refractivity contribution < 1.29 is 0 Å². The van der Waals surface area contributed by atoms with Crippen LogP contribution in [0.15, 0.2) is 0 Å². The van der Waals surface area contributed by atoms with Crippen LogP contribution < -0.4 is 0 Å². The van der Waals surface area contributed by atoms with E-state index in [-0.39, 0.29) is 0 Å². The molecule has 16 heavy (non-hydrogen) atoms. The monoisotopic (exact) mass is 245 g/mol. The van der Waals surface area contributed by atoms with Crippen LogP contribution in [-0.4, -0.2) is 29.4 Å². The standard InChI is InChI=1S/C14H28ClN/c1-3-13(4-2)16(12-11-15)14-9-7-5-6-8-10-14/h13-14H,3-12H2,1-2H3. The van der Waals surface area contributed by atoms with Crippen molar-refractivity contribution in [2.45, 2.75) is 77.3 Å². The van der Waals surface area contributed by atoms with Crippen LogP contribution in [0.1, 0.15) is 65.2 Å². The highest BCUT2D eigenvalue weighted by atomic mass is 35.5. The number of hydrogen-bond donors (Lipinski definition) is 0. The van der Waals surface area contributed by atoms with Crippen LogP contribution in [-0.2, 0) is 0 Å². The van der Waals surface area contributed by atoms with E-state index in [2.05, 4.69) is 18.7 Å². The molecule has 0 aromatic carbocycles. The second-order valence-corrected chi connectivity index (χ2v) is 5.42. The normalized spacial score (nSPS) is 19.3. The first-order chi connectivity index (χ1) is 7.83. The Morgan fingerprint density at radius 1 is 1.06 bits per heavy atom. The Balaban J connectivity index is 2.58. The van der Waals surface area contributed by atoms with Crippen molar-refractivity contribution in [1.82, 2.24) is 4.90 Å². The zero-order valence-corrected chi connectivity index (χ0v) is 11.8. The number of nitrogens with zero attached hydrogens (tertiary/aromatic N) is 1. The molecule has 0 aliphatic heterocycles. The Bertz CT molecular complexity index is 160. The quantitative estimate of drug-likeness (QED) is 0.494. The van der Waals surface area contributed by atoms with Gasteiger partial charge in [0.1, 0.15) is 0 Å². The molecule has 0 aromatic heterocycles. The predicted octanol–water partition coefficient (Wildman–Crippen LogP) is 4.44. The van der Waals surface area contributed by atoms with Crippen LogP contribution in [0.25, 0.3) is 0 Å². The van der Waals surface area contributed by atoms with Gasteiger partial charge in [0, 0.05) is 24.5 Å². The van der Waals surface area contributed by atoms with Crippen molar-refractivity contribution in [3.05, 3.63) is 0 Å². The van der Waals surface area contributed by atoms with Crippen molar-refractivity contribution in [2.75, 3.05) is 12.4 Å². The second kappa shape index (κ2) is 8.36. The Morgan fingerprint density at radius 3 is 2.06 bits per heavy atom. The summed E-state index contributed by atoms with van der Waals surface area (Å²) in [6.07, 6.45) is 11.0. The summed E-state index contributed by atoms with van der Waals surface area (Å²) >= 11 is 5.97. The first-order valence-corrected chi connectivity index (χ1v) is 7.68. The molecule has 0 atom stereocenters. The lowest BCUT2D eigenvalue weighted by atomic mass is 10.0. The maximum absolute atomic E-state index is 5.97. The molecule has 1 aliphatic carbocycles. The number of hydrogen-bond acceptors (Lipinski definition) is 1. The lowest BCUT2D eigenvalue weighted by molar-refractivity contribution is 0.122. The lowest BCUT2D eigenvalue weighted by Crippen LogP contribution is -2.43. The molecule has 1 saturated carbocycles. The largest absolute Gasteiger partial charge is 0.296 e. The molecule has 1 fully saturated rings. The summed E-state index contributed by atoms with van der Waals surface area (Å²) < 4.78 is 0. The van der Waals surface area contributed by atoms with Crippen molar-refractivity contribution in [2.24, 2.45) is 0 Å². The summed E-state index contributed by atoms with van der Waals surface area (Å²) in [6.45, 7) is 5.71. The van der Waals surface area contributed by atoms with Crippen LogP contribution in [0.5, 0.6) is 0 Å². The fraction of sp³-hybridized carbons (Fsp3) is 1.00. The Kier molecular flexibility index (Phi) is 7.47. The molecular weight excluding hydrogens is 218 g/mol. The van der Waals surface area contributed by atoms with Crippen LogP contribution in [0.2, 0.25) is 0 Å². The highest BCUT2D eigenvalue weighted by molar-refractivity contribution is 6.18. The van der Waals surface area contributed by atoms with Gasteiger partial charge in [0.15, 0.2) is 0 Å². The van der Waals surface area contributed by atoms with Crippen LogP contribution in [0.3, 0.4) is 0 Å². The van der Waals surface area contributed by atoms with E-state index >= 15 is 0 Å². The number of halogens is 1. The van der Waals surface area contributed by atoms with Gasteiger partial charge in [-0.05, 0) is 25.7 Å². The third kappa shape index (κ3) is 4.25. The molecule has 0 spiro atoms. The van der Waals surface area contributed by atoms with Gasteiger partial charge < -0.3 is 0 Å². The molecule has 0 N–H and O–H groups in total. The summed E-state index contributed by atoms with van der Waals surface area (Å²) in [7, 11) is 0. The van der Waals surface area contributed by atoms with Crippen LogP contribution in [0.4, 0.5) is 0 Å². The Labute approximate surface area is 107 Å². The molecule has 0 heterocycles. The molecule has 0 unspecified atom stereocenters. The van der Waals surface area contributed by atoms with E-state index in [1.807, 2.05) is 0 Å². The molecule has 0 radical (unpaired) electrons. The molecule has 0 bridgehead atoms. The lowest BCUT2D eigenvalue weighted by Gasteiger charge is -2.37.